The van der Waals surface area contributed by atoms with E-state index in [-0.39, 0.29) is 30.0 Å². The summed E-state index contributed by atoms with van der Waals surface area (Å²) in [5, 5.41) is 6.76. The number of nitrogens with one attached hydrogen (secondary N) is 2. The maximum atomic E-state index is 6.00. The second kappa shape index (κ2) is 12.1. The zero-order valence-electron chi connectivity index (χ0n) is 17.6. The molecule has 1 aromatic heterocycles. The maximum absolute atomic E-state index is 6.00. The fourth-order valence-corrected chi connectivity index (χ4v) is 2.99. The van der Waals surface area contributed by atoms with Gasteiger partial charge in [-0.25, -0.2) is 4.99 Å². The fourth-order valence-electron chi connectivity index (χ4n) is 2.99. The summed E-state index contributed by atoms with van der Waals surface area (Å²) in [5.41, 5.74) is 1.11. The van der Waals surface area contributed by atoms with Crippen LogP contribution in [0.25, 0.3) is 0 Å². The molecule has 1 atom stereocenters. The van der Waals surface area contributed by atoms with Crippen LogP contribution in [0.1, 0.15) is 37.1 Å². The van der Waals surface area contributed by atoms with Crippen molar-refractivity contribution in [2.45, 2.75) is 32.4 Å². The molecule has 0 saturated heterocycles. The van der Waals surface area contributed by atoms with Crippen molar-refractivity contribution < 1.29 is 9.15 Å². The highest BCUT2D eigenvalue weighted by molar-refractivity contribution is 14.0. The Kier molecular flexibility index (Phi) is 9.80. The first-order valence-electron chi connectivity index (χ1n) is 10.1. The minimum atomic E-state index is 0. The van der Waals surface area contributed by atoms with Crippen molar-refractivity contribution in [2.24, 2.45) is 10.9 Å². The van der Waals surface area contributed by atoms with E-state index in [2.05, 4.69) is 28.5 Å². The number of para-hydroxylation sites is 1. The van der Waals surface area contributed by atoms with E-state index >= 15 is 0 Å². The summed E-state index contributed by atoms with van der Waals surface area (Å²) in [6.07, 6.45) is 4.29. The number of hydrogen-bond donors (Lipinski definition) is 2. The number of benzene rings is 1. The highest BCUT2D eigenvalue weighted by Crippen LogP contribution is 2.30. The average molecular weight is 512 g/mol. The standard InChI is InChI=1S/C22H32N4O2.HI/c1-4-23-22(25-15-19(26(2)3)21-10-7-13-27-21)24-14-18-8-5-6-9-20(18)28-16-17-11-12-17;/h5-10,13,17,19H,4,11-12,14-16H2,1-3H3,(H2,23,24,25);1H. The Hall–Kier alpha value is -1.74. The third kappa shape index (κ3) is 7.54. The van der Waals surface area contributed by atoms with E-state index < -0.39 is 0 Å². The summed E-state index contributed by atoms with van der Waals surface area (Å²) in [4.78, 5) is 6.90. The van der Waals surface area contributed by atoms with Crippen molar-refractivity contribution >= 4 is 29.9 Å². The van der Waals surface area contributed by atoms with Gasteiger partial charge in [0.1, 0.15) is 11.5 Å². The Balaban J connectivity index is 0.00000300. The summed E-state index contributed by atoms with van der Waals surface area (Å²) >= 11 is 0. The molecular weight excluding hydrogens is 479 g/mol. The Morgan fingerprint density at radius 2 is 2.00 bits per heavy atom. The lowest BCUT2D eigenvalue weighted by atomic mass is 10.2. The largest absolute Gasteiger partial charge is 0.493 e. The van der Waals surface area contributed by atoms with Crippen molar-refractivity contribution in [3.05, 3.63) is 54.0 Å². The van der Waals surface area contributed by atoms with E-state index in [9.17, 15) is 0 Å². The molecule has 3 rings (SSSR count). The molecule has 1 aromatic carbocycles. The van der Waals surface area contributed by atoms with Crippen LogP contribution < -0.4 is 15.4 Å². The van der Waals surface area contributed by atoms with Crippen LogP contribution in [0.4, 0.5) is 0 Å². The van der Waals surface area contributed by atoms with Crippen molar-refractivity contribution in [1.82, 2.24) is 15.5 Å². The molecule has 2 aromatic rings. The number of rotatable bonds is 10. The van der Waals surface area contributed by atoms with Crippen LogP contribution in [-0.4, -0.2) is 44.7 Å². The van der Waals surface area contributed by atoms with Crippen LogP contribution in [0.2, 0.25) is 0 Å². The first-order valence-corrected chi connectivity index (χ1v) is 10.1. The van der Waals surface area contributed by atoms with Crippen LogP contribution in [0.3, 0.4) is 0 Å². The van der Waals surface area contributed by atoms with Gasteiger partial charge in [0.2, 0.25) is 0 Å². The molecule has 29 heavy (non-hydrogen) atoms. The molecule has 0 radical (unpaired) electrons. The van der Waals surface area contributed by atoms with Gasteiger partial charge in [-0.1, -0.05) is 18.2 Å². The summed E-state index contributed by atoms with van der Waals surface area (Å²) in [5.74, 6) is 3.40. The van der Waals surface area contributed by atoms with E-state index in [1.165, 1.54) is 12.8 Å². The summed E-state index contributed by atoms with van der Waals surface area (Å²) in [6.45, 7) is 4.96. The number of guanidine groups is 1. The van der Waals surface area contributed by atoms with E-state index in [0.29, 0.717) is 13.1 Å². The predicted octanol–water partition coefficient (Wildman–Crippen LogP) is 4.04. The van der Waals surface area contributed by atoms with Gasteiger partial charge < -0.3 is 19.8 Å². The van der Waals surface area contributed by atoms with E-state index in [1.54, 1.807) is 6.26 Å². The van der Waals surface area contributed by atoms with Gasteiger partial charge in [0, 0.05) is 18.7 Å². The lowest BCUT2D eigenvalue weighted by Gasteiger charge is -2.23. The molecule has 0 amide bonds. The minimum absolute atomic E-state index is 0. The zero-order valence-corrected chi connectivity index (χ0v) is 19.9. The minimum Gasteiger partial charge on any atom is -0.493 e. The van der Waals surface area contributed by atoms with Gasteiger partial charge >= 0.3 is 0 Å². The Morgan fingerprint density at radius 3 is 2.66 bits per heavy atom. The molecule has 1 aliphatic rings. The van der Waals surface area contributed by atoms with E-state index in [4.69, 9.17) is 14.1 Å². The molecule has 0 bridgehead atoms. The van der Waals surface area contributed by atoms with Crippen LogP contribution >= 0.6 is 24.0 Å². The molecule has 0 aliphatic heterocycles. The van der Waals surface area contributed by atoms with Crippen LogP contribution in [0.15, 0.2) is 52.1 Å². The monoisotopic (exact) mass is 512 g/mol. The van der Waals surface area contributed by atoms with Crippen LogP contribution in [-0.2, 0) is 6.54 Å². The number of ether oxygens (including phenoxy) is 1. The first kappa shape index (κ1) is 23.5. The Labute approximate surface area is 191 Å². The number of aliphatic imine (C=N–C) groups is 1. The smallest absolute Gasteiger partial charge is 0.191 e. The van der Waals surface area contributed by atoms with Gasteiger partial charge in [0.15, 0.2) is 5.96 Å². The number of halogens is 1. The zero-order chi connectivity index (χ0) is 19.8. The van der Waals surface area contributed by atoms with Gasteiger partial charge in [-0.05, 0) is 58.0 Å². The molecule has 6 nitrogen and oxygen atoms in total. The highest BCUT2D eigenvalue weighted by atomic mass is 127. The molecule has 1 saturated carbocycles. The lowest BCUT2D eigenvalue weighted by Crippen LogP contribution is -2.41. The number of furan rings is 1. The molecule has 2 N–H and O–H groups in total. The normalized spacial score (nSPS) is 15.0. The molecular formula is C22H33IN4O2. The van der Waals surface area contributed by atoms with Crippen LogP contribution in [0, 0.1) is 5.92 Å². The third-order valence-electron chi connectivity index (χ3n) is 4.85. The van der Waals surface area contributed by atoms with Gasteiger partial charge in [-0.3, -0.25) is 4.90 Å². The molecule has 1 heterocycles. The summed E-state index contributed by atoms with van der Waals surface area (Å²) in [6, 6.07) is 12.2. The Morgan fingerprint density at radius 1 is 1.21 bits per heavy atom. The van der Waals surface area contributed by atoms with E-state index in [0.717, 1.165) is 42.1 Å². The van der Waals surface area contributed by atoms with Crippen molar-refractivity contribution in [1.29, 1.82) is 0 Å². The van der Waals surface area contributed by atoms with Gasteiger partial charge in [0.05, 0.1) is 25.5 Å². The number of likely N-dealkylation sites (N-methyl/N-ethyl adjacent to an activating group) is 1. The summed E-state index contributed by atoms with van der Waals surface area (Å²) < 4.78 is 11.6. The average Bonchev–Trinajstić information content (AvgIpc) is 3.37. The lowest BCUT2D eigenvalue weighted by molar-refractivity contribution is 0.258. The maximum Gasteiger partial charge on any atom is 0.191 e. The van der Waals surface area contributed by atoms with Crippen molar-refractivity contribution in [3.63, 3.8) is 0 Å². The molecule has 7 heteroatoms. The quantitative estimate of drug-likeness (QED) is 0.286. The van der Waals surface area contributed by atoms with Gasteiger partial charge in [0.25, 0.3) is 0 Å². The molecule has 160 valence electrons. The van der Waals surface area contributed by atoms with E-state index in [1.807, 2.05) is 44.4 Å². The van der Waals surface area contributed by atoms with Gasteiger partial charge in [-0.2, -0.15) is 0 Å². The number of nitrogens with zero attached hydrogens (tertiary/aromatic N) is 2. The molecule has 1 unspecified atom stereocenters. The number of hydrogen-bond acceptors (Lipinski definition) is 4. The second-order valence-corrected chi connectivity index (χ2v) is 7.43. The fraction of sp³-hybridized carbons (Fsp3) is 0.500. The SMILES string of the molecule is CCNC(=NCc1ccccc1OCC1CC1)NCC(c1ccco1)N(C)C.I. The van der Waals surface area contributed by atoms with Gasteiger partial charge in [-0.15, -0.1) is 24.0 Å². The molecule has 1 fully saturated rings. The predicted molar refractivity (Wildman–Crippen MR) is 128 cm³/mol. The third-order valence-corrected chi connectivity index (χ3v) is 4.85. The van der Waals surface area contributed by atoms with Crippen molar-refractivity contribution in [2.75, 3.05) is 33.8 Å². The summed E-state index contributed by atoms with van der Waals surface area (Å²) in [7, 11) is 4.10. The van der Waals surface area contributed by atoms with Crippen LogP contribution in [0.5, 0.6) is 5.75 Å². The topological polar surface area (TPSA) is 62.0 Å². The first-order chi connectivity index (χ1) is 13.7. The highest BCUT2D eigenvalue weighted by Gasteiger charge is 2.22. The van der Waals surface area contributed by atoms with Crippen molar-refractivity contribution in [3.8, 4) is 5.75 Å². The molecule has 1 aliphatic carbocycles. The Bertz CT molecular complexity index is 745. The second-order valence-electron chi connectivity index (χ2n) is 7.43. The molecule has 0 spiro atoms.